The van der Waals surface area contributed by atoms with E-state index in [0.717, 1.165) is 16.6 Å². The van der Waals surface area contributed by atoms with Crippen molar-refractivity contribution in [1.29, 1.82) is 0 Å². The van der Waals surface area contributed by atoms with E-state index >= 15 is 0 Å². The van der Waals surface area contributed by atoms with Gasteiger partial charge in [0.25, 0.3) is 0 Å². The molecule has 4 aromatic rings. The second-order valence-electron chi connectivity index (χ2n) is 8.46. The lowest BCUT2D eigenvalue weighted by molar-refractivity contribution is 0.0993. The number of ketones is 1. The summed E-state index contributed by atoms with van der Waals surface area (Å²) in [5.41, 5.74) is 5.18. The quantitative estimate of drug-likeness (QED) is 0.342. The standard InChI is InChI=1S/C25H22Cl2N2O/c1-25(2,3)17-10-7-15(8-11-17)13-22(30)16-9-12-20-21(14-16)29-24(28-20)23-18(26)5-4-6-19(23)27/h4-12,14H,13H2,1-3H3,(H,28,29). The summed E-state index contributed by atoms with van der Waals surface area (Å²) in [4.78, 5) is 20.7. The minimum Gasteiger partial charge on any atom is -0.338 e. The molecule has 0 aliphatic rings. The van der Waals surface area contributed by atoms with Gasteiger partial charge < -0.3 is 4.98 Å². The zero-order chi connectivity index (χ0) is 21.5. The Balaban J connectivity index is 1.60. The molecule has 152 valence electrons. The Kier molecular flexibility index (Phi) is 5.44. The van der Waals surface area contributed by atoms with Gasteiger partial charge in [-0.05, 0) is 46.9 Å². The van der Waals surface area contributed by atoms with Crippen LogP contribution in [0.25, 0.3) is 22.4 Å². The molecule has 1 N–H and O–H groups in total. The molecule has 0 aliphatic heterocycles. The summed E-state index contributed by atoms with van der Waals surface area (Å²) in [5.74, 6) is 0.648. The molecule has 4 rings (SSSR count). The average molecular weight is 437 g/mol. The first-order valence-electron chi connectivity index (χ1n) is 9.79. The van der Waals surface area contributed by atoms with Gasteiger partial charge >= 0.3 is 0 Å². The maximum atomic E-state index is 12.8. The van der Waals surface area contributed by atoms with Crippen LogP contribution in [0.1, 0.15) is 42.3 Å². The predicted octanol–water partition coefficient (Wildman–Crippen LogP) is 7.26. The van der Waals surface area contributed by atoms with Gasteiger partial charge in [0.2, 0.25) is 0 Å². The molecule has 1 heterocycles. The topological polar surface area (TPSA) is 45.8 Å². The maximum Gasteiger partial charge on any atom is 0.167 e. The molecular weight excluding hydrogens is 415 g/mol. The molecule has 1 aromatic heterocycles. The number of halogens is 2. The van der Waals surface area contributed by atoms with Gasteiger partial charge in [-0.1, -0.05) is 74.3 Å². The van der Waals surface area contributed by atoms with Crippen molar-refractivity contribution in [2.75, 3.05) is 0 Å². The molecule has 0 amide bonds. The van der Waals surface area contributed by atoms with Gasteiger partial charge in [0.05, 0.1) is 26.6 Å². The SMILES string of the molecule is CC(C)(C)c1ccc(CC(=O)c2ccc3nc(-c4c(Cl)cccc4Cl)[nH]c3c2)cc1. The van der Waals surface area contributed by atoms with Crippen molar-refractivity contribution in [2.45, 2.75) is 32.6 Å². The number of nitrogens with one attached hydrogen (secondary N) is 1. The Morgan fingerprint density at radius 3 is 2.27 bits per heavy atom. The normalized spacial score (nSPS) is 11.8. The molecule has 0 spiro atoms. The Bertz CT molecular complexity index is 1210. The van der Waals surface area contributed by atoms with Gasteiger partial charge in [-0.25, -0.2) is 4.98 Å². The molecule has 0 saturated carbocycles. The Hall–Kier alpha value is -2.62. The fourth-order valence-corrected chi connectivity index (χ4v) is 4.01. The van der Waals surface area contributed by atoms with Crippen LogP contribution in [-0.2, 0) is 11.8 Å². The number of nitrogens with zero attached hydrogens (tertiary/aromatic N) is 1. The Morgan fingerprint density at radius 2 is 1.63 bits per heavy atom. The number of aromatic nitrogens is 2. The van der Waals surface area contributed by atoms with E-state index in [-0.39, 0.29) is 11.2 Å². The van der Waals surface area contributed by atoms with Gasteiger partial charge in [0.1, 0.15) is 5.82 Å². The Labute approximate surface area is 186 Å². The van der Waals surface area contributed by atoms with Gasteiger partial charge in [0.15, 0.2) is 5.78 Å². The fourth-order valence-electron chi connectivity index (χ4n) is 3.44. The summed E-state index contributed by atoms with van der Waals surface area (Å²) < 4.78 is 0. The van der Waals surface area contributed by atoms with Gasteiger partial charge in [0, 0.05) is 12.0 Å². The summed E-state index contributed by atoms with van der Waals surface area (Å²) in [7, 11) is 0. The number of H-pyrrole nitrogens is 1. The van der Waals surface area contributed by atoms with E-state index in [2.05, 4.69) is 42.9 Å². The van der Waals surface area contributed by atoms with Crippen LogP contribution in [-0.4, -0.2) is 15.8 Å². The third-order valence-corrected chi connectivity index (χ3v) is 5.82. The number of imidazole rings is 1. The first kappa shape index (κ1) is 20.6. The van der Waals surface area contributed by atoms with Gasteiger partial charge in [-0.2, -0.15) is 0 Å². The predicted molar refractivity (Wildman–Crippen MR) is 125 cm³/mol. The minimum absolute atomic E-state index is 0.0623. The van der Waals surface area contributed by atoms with Crippen molar-refractivity contribution in [2.24, 2.45) is 0 Å². The number of hydrogen-bond donors (Lipinski definition) is 1. The zero-order valence-corrected chi connectivity index (χ0v) is 18.6. The molecule has 0 aliphatic carbocycles. The molecule has 0 fully saturated rings. The van der Waals surface area contributed by atoms with Crippen LogP contribution < -0.4 is 0 Å². The number of rotatable bonds is 4. The van der Waals surface area contributed by atoms with Crippen LogP contribution >= 0.6 is 23.2 Å². The van der Waals surface area contributed by atoms with E-state index in [4.69, 9.17) is 23.2 Å². The number of hydrogen-bond acceptors (Lipinski definition) is 2. The highest BCUT2D eigenvalue weighted by molar-refractivity contribution is 6.39. The highest BCUT2D eigenvalue weighted by Gasteiger charge is 2.16. The molecule has 0 unspecified atom stereocenters. The van der Waals surface area contributed by atoms with Crippen LogP contribution in [0.4, 0.5) is 0 Å². The summed E-state index contributed by atoms with van der Waals surface area (Å²) in [5, 5.41) is 1.05. The molecule has 5 heteroatoms. The molecule has 0 radical (unpaired) electrons. The third-order valence-electron chi connectivity index (χ3n) is 5.19. The number of fused-ring (bicyclic) bond motifs is 1. The average Bonchev–Trinajstić information content (AvgIpc) is 3.10. The summed E-state index contributed by atoms with van der Waals surface area (Å²) in [6.45, 7) is 6.53. The molecular formula is C25H22Cl2N2O. The first-order chi connectivity index (χ1) is 14.2. The lowest BCUT2D eigenvalue weighted by atomic mass is 9.86. The summed E-state index contributed by atoms with van der Waals surface area (Å²) in [6, 6.07) is 19.1. The van der Waals surface area contributed by atoms with Crippen molar-refractivity contribution < 1.29 is 4.79 Å². The van der Waals surface area contributed by atoms with E-state index in [1.165, 1.54) is 5.56 Å². The van der Waals surface area contributed by atoms with E-state index < -0.39 is 0 Å². The van der Waals surface area contributed by atoms with Gasteiger partial charge in [-0.3, -0.25) is 4.79 Å². The second-order valence-corrected chi connectivity index (χ2v) is 9.28. The van der Waals surface area contributed by atoms with Crippen LogP contribution in [0.15, 0.2) is 60.7 Å². The fraction of sp³-hybridized carbons (Fsp3) is 0.200. The monoisotopic (exact) mass is 436 g/mol. The summed E-state index contributed by atoms with van der Waals surface area (Å²) >= 11 is 12.6. The number of aromatic amines is 1. The van der Waals surface area contributed by atoms with Crippen molar-refractivity contribution >= 4 is 40.0 Å². The van der Waals surface area contributed by atoms with Crippen LogP contribution in [0.3, 0.4) is 0 Å². The zero-order valence-electron chi connectivity index (χ0n) is 17.1. The van der Waals surface area contributed by atoms with Crippen molar-refractivity contribution in [3.8, 4) is 11.4 Å². The summed E-state index contributed by atoms with van der Waals surface area (Å²) in [6.07, 6.45) is 0.354. The minimum atomic E-state index is 0.0623. The van der Waals surface area contributed by atoms with Crippen molar-refractivity contribution in [1.82, 2.24) is 9.97 Å². The molecule has 3 aromatic carbocycles. The maximum absolute atomic E-state index is 12.8. The van der Waals surface area contributed by atoms with Gasteiger partial charge in [-0.15, -0.1) is 0 Å². The molecule has 0 bridgehead atoms. The lowest BCUT2D eigenvalue weighted by Crippen LogP contribution is -2.11. The molecule has 0 saturated heterocycles. The largest absolute Gasteiger partial charge is 0.338 e. The third kappa shape index (κ3) is 4.14. The van der Waals surface area contributed by atoms with E-state index in [1.807, 2.05) is 30.3 Å². The van der Waals surface area contributed by atoms with E-state index in [9.17, 15) is 4.79 Å². The number of carbonyl (C=O) groups is 1. The Morgan fingerprint density at radius 1 is 0.967 bits per heavy atom. The van der Waals surface area contributed by atoms with Crippen LogP contribution in [0.2, 0.25) is 10.0 Å². The van der Waals surface area contributed by atoms with Crippen molar-refractivity contribution in [3.63, 3.8) is 0 Å². The highest BCUT2D eigenvalue weighted by Crippen LogP contribution is 2.34. The van der Waals surface area contributed by atoms with Crippen LogP contribution in [0, 0.1) is 0 Å². The molecule has 3 nitrogen and oxygen atoms in total. The lowest BCUT2D eigenvalue weighted by Gasteiger charge is -2.19. The van der Waals surface area contributed by atoms with E-state index in [0.29, 0.717) is 33.4 Å². The number of benzene rings is 3. The number of Topliss-reactive ketones (excluding diaryl/α,β-unsaturated/α-hetero) is 1. The van der Waals surface area contributed by atoms with Crippen LogP contribution in [0.5, 0.6) is 0 Å². The second kappa shape index (κ2) is 7.90. The number of carbonyl (C=O) groups excluding carboxylic acids is 1. The molecule has 0 atom stereocenters. The smallest absolute Gasteiger partial charge is 0.167 e. The van der Waals surface area contributed by atoms with E-state index in [1.54, 1.807) is 18.2 Å². The highest BCUT2D eigenvalue weighted by atomic mass is 35.5. The molecule has 30 heavy (non-hydrogen) atoms. The first-order valence-corrected chi connectivity index (χ1v) is 10.5. The van der Waals surface area contributed by atoms with Crippen molar-refractivity contribution in [3.05, 3.63) is 87.4 Å².